The number of carbonyl (C=O) groups excluding carboxylic acids is 1. The molecule has 1 aromatic carbocycles. The van der Waals surface area contributed by atoms with Gasteiger partial charge >= 0.3 is 0 Å². The Balaban J connectivity index is 2.17. The van der Waals surface area contributed by atoms with Crippen molar-refractivity contribution in [1.29, 1.82) is 0 Å². The number of nitrogens with one attached hydrogen (secondary N) is 2. The van der Waals surface area contributed by atoms with Crippen LogP contribution < -0.4 is 15.4 Å². The zero-order valence-electron chi connectivity index (χ0n) is 8.05. The molecular weight excluding hydrogens is 216 g/mol. The quantitative estimate of drug-likeness (QED) is 0.604. The topological polar surface area (TPSA) is 50.4 Å². The van der Waals surface area contributed by atoms with E-state index in [2.05, 4.69) is 10.6 Å². The first-order chi connectivity index (χ1) is 7.29. The predicted molar refractivity (Wildman–Crippen MR) is 58.1 cm³/mol. The lowest BCUT2D eigenvalue weighted by atomic mass is 10.1. The second-order valence-corrected chi connectivity index (χ2v) is 3.50. The summed E-state index contributed by atoms with van der Waals surface area (Å²) in [6, 6.07) is 6.07. The molecule has 5 heteroatoms. The van der Waals surface area contributed by atoms with E-state index in [4.69, 9.17) is 16.3 Å². The molecule has 0 aromatic heterocycles. The molecule has 0 saturated carbocycles. The molecule has 15 heavy (non-hydrogen) atoms. The number of benzene rings is 1. The Morgan fingerprint density at radius 3 is 3.20 bits per heavy atom. The molecule has 0 saturated heterocycles. The molecule has 0 radical (unpaired) electrons. The Morgan fingerprint density at radius 2 is 2.40 bits per heavy atom. The number of anilines is 1. The lowest BCUT2D eigenvalue weighted by Crippen LogP contribution is -2.25. The van der Waals surface area contributed by atoms with Crippen LogP contribution in [0.25, 0.3) is 0 Å². The highest BCUT2D eigenvalue weighted by atomic mass is 35.5. The number of ether oxygens (including phenoxy) is 1. The van der Waals surface area contributed by atoms with Gasteiger partial charge in [0, 0.05) is 6.54 Å². The highest BCUT2D eigenvalue weighted by molar-refractivity contribution is 6.17. The Hall–Kier alpha value is -1.26. The van der Waals surface area contributed by atoms with E-state index in [1.165, 1.54) is 0 Å². The van der Waals surface area contributed by atoms with Crippen LogP contribution in [-0.2, 0) is 11.3 Å². The van der Waals surface area contributed by atoms with E-state index < -0.39 is 0 Å². The number of rotatable bonds is 3. The van der Waals surface area contributed by atoms with Gasteiger partial charge < -0.3 is 10.1 Å². The standard InChI is InChI=1S/C10H11ClN2O2/c11-6-12-4-7-1-2-9-8(3-7)13-10(14)5-15-9/h1-3,12H,4-6H2,(H,13,14). The molecule has 1 aliphatic rings. The van der Waals surface area contributed by atoms with E-state index in [0.29, 0.717) is 18.3 Å². The molecular formula is C10H11ClN2O2. The number of halogens is 1. The summed E-state index contributed by atoms with van der Waals surface area (Å²) < 4.78 is 5.24. The number of fused-ring (bicyclic) bond motifs is 1. The third-order valence-electron chi connectivity index (χ3n) is 2.10. The van der Waals surface area contributed by atoms with Gasteiger partial charge in [-0.25, -0.2) is 0 Å². The molecule has 0 unspecified atom stereocenters. The van der Waals surface area contributed by atoms with Gasteiger partial charge in [0.05, 0.1) is 11.7 Å². The van der Waals surface area contributed by atoms with Gasteiger partial charge in [-0.05, 0) is 17.7 Å². The van der Waals surface area contributed by atoms with Gasteiger partial charge in [0.25, 0.3) is 5.91 Å². The fraction of sp³-hybridized carbons (Fsp3) is 0.300. The summed E-state index contributed by atoms with van der Waals surface area (Å²) in [5, 5.41) is 5.75. The highest BCUT2D eigenvalue weighted by Crippen LogP contribution is 2.28. The van der Waals surface area contributed by atoms with Gasteiger partial charge in [-0.2, -0.15) is 0 Å². The molecule has 2 rings (SSSR count). The number of carbonyl (C=O) groups is 1. The van der Waals surface area contributed by atoms with Gasteiger partial charge in [0.2, 0.25) is 0 Å². The molecule has 4 nitrogen and oxygen atoms in total. The molecule has 2 N–H and O–H groups in total. The average molecular weight is 227 g/mol. The first kappa shape index (κ1) is 10.3. The van der Waals surface area contributed by atoms with Crippen molar-refractivity contribution in [3.63, 3.8) is 0 Å². The third-order valence-corrected chi connectivity index (χ3v) is 2.29. The maximum atomic E-state index is 11.1. The van der Waals surface area contributed by atoms with Gasteiger partial charge in [-0.15, -0.1) is 11.6 Å². The van der Waals surface area contributed by atoms with Crippen LogP contribution in [0.2, 0.25) is 0 Å². The Kier molecular flexibility index (Phi) is 3.08. The molecule has 0 spiro atoms. The maximum Gasteiger partial charge on any atom is 0.262 e. The van der Waals surface area contributed by atoms with Crippen LogP contribution >= 0.6 is 11.6 Å². The Morgan fingerprint density at radius 1 is 1.53 bits per heavy atom. The lowest BCUT2D eigenvalue weighted by molar-refractivity contribution is -0.118. The minimum absolute atomic E-state index is 0.0896. The Labute approximate surface area is 92.6 Å². The van der Waals surface area contributed by atoms with Crippen LogP contribution in [0.5, 0.6) is 5.75 Å². The monoisotopic (exact) mass is 226 g/mol. The van der Waals surface area contributed by atoms with Crippen molar-refractivity contribution >= 4 is 23.2 Å². The molecule has 0 fully saturated rings. The van der Waals surface area contributed by atoms with Crippen molar-refractivity contribution < 1.29 is 9.53 Å². The lowest BCUT2D eigenvalue weighted by Gasteiger charge is -2.18. The van der Waals surface area contributed by atoms with Crippen molar-refractivity contribution in [2.45, 2.75) is 6.54 Å². The second-order valence-electron chi connectivity index (χ2n) is 3.23. The predicted octanol–water partition coefficient (Wildman–Crippen LogP) is 1.30. The van der Waals surface area contributed by atoms with E-state index in [0.717, 1.165) is 11.3 Å². The van der Waals surface area contributed by atoms with Crippen LogP contribution in [0.15, 0.2) is 18.2 Å². The summed E-state index contributed by atoms with van der Waals surface area (Å²) in [6.45, 7) is 0.763. The number of alkyl halides is 1. The molecule has 0 bridgehead atoms. The van der Waals surface area contributed by atoms with E-state index in [1.807, 2.05) is 18.2 Å². The van der Waals surface area contributed by atoms with E-state index >= 15 is 0 Å². The van der Waals surface area contributed by atoms with Crippen LogP contribution in [-0.4, -0.2) is 18.5 Å². The fourth-order valence-electron chi connectivity index (χ4n) is 1.43. The normalized spacial score (nSPS) is 14.1. The number of amides is 1. The van der Waals surface area contributed by atoms with Gasteiger partial charge in [-0.3, -0.25) is 10.1 Å². The van der Waals surface area contributed by atoms with Crippen molar-refractivity contribution in [2.75, 3.05) is 17.9 Å². The van der Waals surface area contributed by atoms with Crippen LogP contribution in [0, 0.1) is 0 Å². The van der Waals surface area contributed by atoms with Crippen LogP contribution in [0.1, 0.15) is 5.56 Å². The molecule has 0 atom stereocenters. The molecule has 1 aliphatic heterocycles. The van der Waals surface area contributed by atoms with Crippen LogP contribution in [0.3, 0.4) is 0 Å². The van der Waals surface area contributed by atoms with Gasteiger partial charge in [-0.1, -0.05) is 6.07 Å². The van der Waals surface area contributed by atoms with Gasteiger partial charge in [0.15, 0.2) is 6.61 Å². The zero-order chi connectivity index (χ0) is 10.7. The maximum absolute atomic E-state index is 11.1. The van der Waals surface area contributed by atoms with Crippen molar-refractivity contribution in [3.05, 3.63) is 23.8 Å². The van der Waals surface area contributed by atoms with E-state index in [-0.39, 0.29) is 12.5 Å². The minimum atomic E-state index is -0.120. The Bertz CT molecular complexity index is 382. The fourth-order valence-corrected chi connectivity index (χ4v) is 1.53. The first-order valence-electron chi connectivity index (χ1n) is 4.62. The molecule has 1 aromatic rings. The summed E-state index contributed by atoms with van der Waals surface area (Å²) in [5.41, 5.74) is 1.78. The molecule has 1 heterocycles. The molecule has 0 aliphatic carbocycles. The second kappa shape index (κ2) is 4.51. The smallest absolute Gasteiger partial charge is 0.262 e. The number of hydrogen-bond donors (Lipinski definition) is 2. The minimum Gasteiger partial charge on any atom is -0.482 e. The average Bonchev–Trinajstić information content (AvgIpc) is 2.25. The van der Waals surface area contributed by atoms with Crippen molar-refractivity contribution in [1.82, 2.24) is 5.32 Å². The summed E-state index contributed by atoms with van der Waals surface area (Å²) in [5.74, 6) is 0.592. The van der Waals surface area contributed by atoms with E-state index in [9.17, 15) is 4.79 Å². The third kappa shape index (κ3) is 2.40. The van der Waals surface area contributed by atoms with E-state index in [1.54, 1.807) is 0 Å². The van der Waals surface area contributed by atoms with Gasteiger partial charge in [0.1, 0.15) is 5.75 Å². The number of hydrogen-bond acceptors (Lipinski definition) is 3. The zero-order valence-corrected chi connectivity index (χ0v) is 8.80. The summed E-state index contributed by atoms with van der Waals surface area (Å²) >= 11 is 5.51. The SMILES string of the molecule is O=C1COc2ccc(CNCCl)cc2N1. The van der Waals surface area contributed by atoms with Crippen LogP contribution in [0.4, 0.5) is 5.69 Å². The largest absolute Gasteiger partial charge is 0.482 e. The summed E-state index contributed by atoms with van der Waals surface area (Å²) in [7, 11) is 0. The molecule has 80 valence electrons. The summed E-state index contributed by atoms with van der Waals surface area (Å²) in [6.07, 6.45) is 0. The summed E-state index contributed by atoms with van der Waals surface area (Å²) in [4.78, 5) is 11.1. The highest BCUT2D eigenvalue weighted by Gasteiger charge is 2.15. The first-order valence-corrected chi connectivity index (χ1v) is 5.15. The van der Waals surface area contributed by atoms with Crippen molar-refractivity contribution in [3.8, 4) is 5.75 Å². The molecule has 1 amide bonds. The van der Waals surface area contributed by atoms with Crippen molar-refractivity contribution in [2.24, 2.45) is 0 Å².